The van der Waals surface area contributed by atoms with E-state index < -0.39 is 41.1 Å². The zero-order chi connectivity index (χ0) is 94.4. The summed E-state index contributed by atoms with van der Waals surface area (Å²) in [6.07, 6.45) is 11.1. The number of H-pyrrole nitrogens is 4. The summed E-state index contributed by atoms with van der Waals surface area (Å²) in [5.74, 6) is -1.12. The molecule has 1 saturated heterocycles. The molecule has 28 nitrogen and oxygen atoms in total. The van der Waals surface area contributed by atoms with E-state index in [1.165, 1.54) is 61.0 Å². The number of aromatic nitrogens is 13. The van der Waals surface area contributed by atoms with Crippen molar-refractivity contribution in [1.29, 1.82) is 0 Å². The molecule has 684 valence electrons. The van der Waals surface area contributed by atoms with Crippen LogP contribution in [0.25, 0.3) is 88.1 Å². The van der Waals surface area contributed by atoms with Crippen molar-refractivity contribution in [2.45, 2.75) is 64.6 Å². The molecule has 0 bridgehead atoms. The number of nitrogens with zero attached hydrogens (tertiary/aromatic N) is 12. The van der Waals surface area contributed by atoms with Crippen molar-refractivity contribution in [1.82, 2.24) is 80.4 Å². The number of nitrogens with one attached hydrogen (secondary N) is 9. The highest BCUT2D eigenvalue weighted by atomic mass is 19.4. The van der Waals surface area contributed by atoms with Gasteiger partial charge in [0.15, 0.2) is 34.3 Å². The number of halogens is 7. The maximum absolute atomic E-state index is 13.8. The van der Waals surface area contributed by atoms with Crippen LogP contribution >= 0.6 is 0 Å². The van der Waals surface area contributed by atoms with Crippen LogP contribution in [0.3, 0.4) is 0 Å². The van der Waals surface area contributed by atoms with E-state index in [2.05, 4.69) is 114 Å². The smallest absolute Gasteiger partial charge is 0.416 e. The fraction of sp³-hybridized carbons (Fsp3) is 0.180. The Kier molecular flexibility index (Phi) is 28.0. The highest BCUT2D eigenvalue weighted by molar-refractivity contribution is 6.15. The molecule has 8 aromatic carbocycles. The van der Waals surface area contributed by atoms with Gasteiger partial charge < -0.3 is 45.9 Å². The van der Waals surface area contributed by atoms with Crippen LogP contribution in [0.2, 0.25) is 0 Å². The second-order valence-corrected chi connectivity index (χ2v) is 32.6. The van der Waals surface area contributed by atoms with Gasteiger partial charge in [-0.25, -0.2) is 9.37 Å². The van der Waals surface area contributed by atoms with Crippen LogP contribution in [-0.4, -0.2) is 158 Å². The number of hydrogen-bond acceptors (Lipinski definition) is 19. The lowest BCUT2D eigenvalue weighted by molar-refractivity contribution is -0.138. The van der Waals surface area contributed by atoms with Gasteiger partial charge in [0, 0.05) is 136 Å². The predicted molar refractivity (Wildman–Crippen MR) is 501 cm³/mol. The molecule has 9 N–H and O–H groups in total. The summed E-state index contributed by atoms with van der Waals surface area (Å²) in [6, 6.07) is 55.8. The highest BCUT2D eigenvalue weighted by Crippen LogP contribution is 2.37. The summed E-state index contributed by atoms with van der Waals surface area (Å²) >= 11 is 0. The van der Waals surface area contributed by atoms with Crippen LogP contribution in [-0.2, 0) is 36.8 Å². The largest absolute Gasteiger partial charge is 0.494 e. The van der Waals surface area contributed by atoms with Crippen LogP contribution in [0.1, 0.15) is 102 Å². The first kappa shape index (κ1) is 92.0. The maximum atomic E-state index is 13.8. The van der Waals surface area contributed by atoms with Gasteiger partial charge in [0.05, 0.1) is 63.6 Å². The molecule has 5 amide bonds. The van der Waals surface area contributed by atoms with Crippen molar-refractivity contribution in [3.8, 4) is 61.9 Å². The number of anilines is 5. The highest BCUT2D eigenvalue weighted by Gasteiger charge is 2.33. The summed E-state index contributed by atoms with van der Waals surface area (Å²) in [7, 11) is 7.97. The van der Waals surface area contributed by atoms with Gasteiger partial charge in [0.2, 0.25) is 11.8 Å². The van der Waals surface area contributed by atoms with E-state index in [0.717, 1.165) is 148 Å². The average molecular weight is 1830 g/mol. The molecule has 0 radical (unpaired) electrons. The Bertz CT molecular complexity index is 7140. The molecule has 17 aromatic rings. The van der Waals surface area contributed by atoms with Gasteiger partial charge in [0.25, 0.3) is 23.6 Å². The van der Waals surface area contributed by atoms with E-state index in [4.69, 9.17) is 9.47 Å². The number of hydrogen-bond donors (Lipinski definition) is 9. The third-order valence-electron chi connectivity index (χ3n) is 21.8. The molecule has 0 spiro atoms. The van der Waals surface area contributed by atoms with E-state index in [9.17, 15) is 54.7 Å². The molecule has 1 aliphatic carbocycles. The third-order valence-corrected chi connectivity index (χ3v) is 21.8. The average Bonchev–Trinajstić information content (AvgIpc) is 1.67. The molecule has 9 aromatic heterocycles. The number of benzene rings is 8. The fourth-order valence-electron chi connectivity index (χ4n) is 15.0. The van der Waals surface area contributed by atoms with E-state index >= 15 is 0 Å². The van der Waals surface area contributed by atoms with Gasteiger partial charge in [-0.05, 0) is 277 Å². The van der Waals surface area contributed by atoms with Gasteiger partial charge in [-0.1, -0.05) is 36.4 Å². The Morgan fingerprint density at radius 1 is 0.407 bits per heavy atom. The first-order chi connectivity index (χ1) is 65.1. The number of alkyl halides is 6. The summed E-state index contributed by atoms with van der Waals surface area (Å²) in [5, 5.41) is 44.5. The third kappa shape index (κ3) is 23.4. The monoisotopic (exact) mass is 1830 g/mol. The summed E-state index contributed by atoms with van der Waals surface area (Å²) in [5.41, 5.74) is 14.9. The second kappa shape index (κ2) is 41.0. The van der Waals surface area contributed by atoms with E-state index in [1.54, 1.807) is 67.3 Å². The van der Waals surface area contributed by atoms with E-state index in [0.29, 0.717) is 56.6 Å². The molecule has 2 aliphatic rings. The molecule has 135 heavy (non-hydrogen) atoms. The summed E-state index contributed by atoms with van der Waals surface area (Å²) < 4.78 is 101. The van der Waals surface area contributed by atoms with Crippen LogP contribution in [0, 0.1) is 11.7 Å². The van der Waals surface area contributed by atoms with Gasteiger partial charge in [-0.15, -0.1) is 0 Å². The van der Waals surface area contributed by atoms with Crippen molar-refractivity contribution in [3.05, 3.63) is 318 Å². The number of aromatic amines is 4. The molecular weight excluding hydrogens is 1740 g/mol. The van der Waals surface area contributed by atoms with Crippen molar-refractivity contribution in [2.24, 2.45) is 5.92 Å². The molecule has 1 aliphatic heterocycles. The van der Waals surface area contributed by atoms with E-state index in [-0.39, 0.29) is 63.7 Å². The molecule has 1 saturated carbocycles. The first-order valence-corrected chi connectivity index (χ1v) is 42.9. The lowest BCUT2D eigenvalue weighted by Crippen LogP contribution is -2.18. The van der Waals surface area contributed by atoms with Gasteiger partial charge in [-0.2, -0.15) is 46.7 Å². The Hall–Kier alpha value is -16.3. The Morgan fingerprint density at radius 2 is 0.785 bits per heavy atom. The first-order valence-electron chi connectivity index (χ1n) is 42.9. The Morgan fingerprint density at radius 3 is 1.17 bits per heavy atom. The number of pyridine rings is 5. The van der Waals surface area contributed by atoms with Crippen molar-refractivity contribution in [2.75, 3.05) is 74.5 Å². The number of fused-ring (bicyclic) bond motifs is 4. The van der Waals surface area contributed by atoms with Gasteiger partial charge in [-0.3, -0.25) is 69.2 Å². The number of likely N-dealkylation sites (tertiary alicyclic amines) is 1. The molecule has 35 heteroatoms. The number of para-hydroxylation sites is 1. The lowest BCUT2D eigenvalue weighted by atomic mass is 10.0. The quantitative estimate of drug-likeness (QED) is 0.0254. The number of rotatable bonds is 24. The molecule has 10 heterocycles. The normalized spacial score (nSPS) is 12.6. The minimum atomic E-state index is -4.45. The van der Waals surface area contributed by atoms with Crippen LogP contribution in [0.4, 0.5) is 59.2 Å². The lowest BCUT2D eigenvalue weighted by Gasteiger charge is -2.14. The molecule has 2 fully saturated rings. The Labute approximate surface area is 767 Å². The number of carbonyl (C=O) groups excluding carboxylic acids is 5. The molecule has 0 atom stereocenters. The fourth-order valence-corrected chi connectivity index (χ4v) is 15.0. The number of carbonyl (C=O) groups is 5. The molecule has 0 unspecified atom stereocenters. The van der Waals surface area contributed by atoms with E-state index in [1.807, 2.05) is 156 Å². The zero-order valence-electron chi connectivity index (χ0n) is 73.3. The van der Waals surface area contributed by atoms with Gasteiger partial charge >= 0.3 is 12.4 Å². The number of ether oxygens (including phenoxy) is 2. The number of amides is 5. The summed E-state index contributed by atoms with van der Waals surface area (Å²) in [6.45, 7) is 7.28. The van der Waals surface area contributed by atoms with Gasteiger partial charge in [0.1, 0.15) is 5.75 Å². The maximum Gasteiger partial charge on any atom is 0.416 e. The van der Waals surface area contributed by atoms with Crippen LogP contribution in [0.15, 0.2) is 262 Å². The predicted octanol–water partition coefficient (Wildman–Crippen LogP) is 20.3. The topological polar surface area (TPSA) is 353 Å². The van der Waals surface area contributed by atoms with Crippen molar-refractivity contribution >= 4 is 102 Å². The second-order valence-electron chi connectivity index (χ2n) is 32.6. The molecule has 19 rings (SSSR count). The van der Waals surface area contributed by atoms with Crippen molar-refractivity contribution in [3.63, 3.8) is 0 Å². The SMILES string of the molecule is CCOc1ccc(NC(=O)c2n[nH]c3ccc(-c4cncc(CN5CCCC5)c4)cc23)cc1.CN(C)Cc1cncc(-c2ccc3[nH]nc(C(=O)Nc4ccc(C(F)(F)F)cc4)c3c2)c1.CN(C)Cc1cncc(-c2ccc3[nH]nc(C(=O)Nc4ccc(Oc5ccccc5F)nc4)c3c2)c1.O=C(Nc1ccc(C(F)(F)F)cc1)c1n[nH]c2ccc(-c3cncc(NC(=O)C4CC4)c3)cc12. The Balaban J connectivity index is 0.000000131. The van der Waals surface area contributed by atoms with Crippen LogP contribution < -0.4 is 36.1 Å². The standard InChI is InChI=1S/C27H23FN6O2.C26H27N5O2.C24H18F3N5O2.C23H20F3N5O/c1-34(2)16-17-11-19(14-29-13-17)18-7-9-23-21(12-18)26(33-32-23)27(35)31-20-8-10-25(30-15-20)36-24-6-4-3-5-22(24)28;1-2-33-22-8-6-21(7-9-22)28-26(32)25-23-14-19(5-10-24(23)29-30-25)20-13-18(15-27-16-20)17-31-11-3-4-12-31;25-24(26,27)16-4-6-17(7-5-16)29-23(34)21-19-10-14(3-8-20(19)31-32-21)15-9-18(12-28-11-15)30-22(33)13-1-2-13;1-31(2)13-14-9-16(12-27-11-14)15-3-8-20-19(10-15)21(30-29-20)22(32)28-18-6-4-17(5-7-18)23(24,25)26/h3-15H,16H2,1-2H3,(H,31,35)(H,32,33);5-10,13-16H,2-4,11-12,17H2,1H3,(H,28,32)(H,29,30);3-13H,1-2H2,(H,29,34)(H,30,33)(H,31,32);3-12H,13H2,1-2H3,(H,28,32)(H,29,30). The minimum Gasteiger partial charge on any atom is -0.494 e. The van der Waals surface area contributed by atoms with Crippen molar-refractivity contribution < 1.29 is 64.2 Å². The minimum absolute atomic E-state index is 0.0218. The van der Waals surface area contributed by atoms with Crippen LogP contribution in [0.5, 0.6) is 17.4 Å². The zero-order valence-corrected chi connectivity index (χ0v) is 73.3. The molecular formula is C100H88F7N21O7. The summed E-state index contributed by atoms with van der Waals surface area (Å²) in [4.78, 5) is 91.6.